The van der Waals surface area contributed by atoms with Crippen molar-refractivity contribution in [2.24, 2.45) is 0 Å². The van der Waals surface area contributed by atoms with Gasteiger partial charge in [0, 0.05) is 35.2 Å². The van der Waals surface area contributed by atoms with Crippen LogP contribution in [0.25, 0.3) is 10.9 Å². The van der Waals surface area contributed by atoms with Gasteiger partial charge >= 0.3 is 0 Å². The van der Waals surface area contributed by atoms with Crippen LogP contribution in [-0.2, 0) is 16.1 Å². The minimum atomic E-state index is 0.125. The molecule has 6 nitrogen and oxygen atoms in total. The summed E-state index contributed by atoms with van der Waals surface area (Å²) in [7, 11) is 0. The van der Waals surface area contributed by atoms with E-state index >= 15 is 0 Å². The minimum absolute atomic E-state index is 0.125. The zero-order chi connectivity index (χ0) is 22.6. The molecule has 1 amide bonds. The highest BCUT2D eigenvalue weighted by atomic mass is 32.2. The molecule has 1 fully saturated rings. The van der Waals surface area contributed by atoms with E-state index in [0.717, 1.165) is 66.7 Å². The summed E-state index contributed by atoms with van der Waals surface area (Å²) in [4.78, 5) is 28.5. The van der Waals surface area contributed by atoms with Crippen LogP contribution in [-0.4, -0.2) is 64.6 Å². The van der Waals surface area contributed by atoms with Gasteiger partial charge in [-0.3, -0.25) is 9.69 Å². The number of hydrogen-bond acceptors (Lipinski definition) is 7. The summed E-state index contributed by atoms with van der Waals surface area (Å²) in [5.74, 6) is 1.28. The SMILES string of the molecule is C[C@@H]1CCN(C(=O)CSc2nc(CN3CCOCC3)nc3ccccc23)c2ccccc2S1. The molecule has 5 rings (SSSR count). The molecule has 3 aromatic rings. The van der Waals surface area contributed by atoms with Crippen LogP contribution in [0.1, 0.15) is 19.2 Å². The first kappa shape index (κ1) is 22.7. The van der Waals surface area contributed by atoms with Crippen molar-refractivity contribution in [3.05, 3.63) is 54.4 Å². The number of hydrogen-bond donors (Lipinski definition) is 0. The molecule has 2 aliphatic rings. The Bertz CT molecular complexity index is 1140. The zero-order valence-corrected chi connectivity index (χ0v) is 20.4. The second-order valence-electron chi connectivity index (χ2n) is 8.37. The number of benzene rings is 2. The van der Waals surface area contributed by atoms with Crippen molar-refractivity contribution in [2.75, 3.05) is 43.5 Å². The van der Waals surface area contributed by atoms with Crippen molar-refractivity contribution >= 4 is 46.0 Å². The number of thioether (sulfide) groups is 2. The van der Waals surface area contributed by atoms with E-state index in [9.17, 15) is 4.79 Å². The molecule has 2 aliphatic heterocycles. The van der Waals surface area contributed by atoms with E-state index in [1.54, 1.807) is 0 Å². The molecule has 1 atom stereocenters. The van der Waals surface area contributed by atoms with E-state index in [1.807, 2.05) is 53.1 Å². The fourth-order valence-corrected chi connectivity index (χ4v) is 6.21. The number of rotatable bonds is 5. The molecule has 1 aromatic heterocycles. The molecule has 1 saturated heterocycles. The Kier molecular flexibility index (Phi) is 7.16. The van der Waals surface area contributed by atoms with Gasteiger partial charge in [0.25, 0.3) is 0 Å². The number of para-hydroxylation sites is 2. The number of nitrogens with zero attached hydrogens (tertiary/aromatic N) is 4. The maximum Gasteiger partial charge on any atom is 0.237 e. The number of aromatic nitrogens is 2. The van der Waals surface area contributed by atoms with Gasteiger partial charge in [-0.25, -0.2) is 9.97 Å². The molecule has 0 unspecified atom stereocenters. The van der Waals surface area contributed by atoms with E-state index < -0.39 is 0 Å². The number of carbonyl (C=O) groups is 1. The number of ether oxygens (including phenoxy) is 1. The van der Waals surface area contributed by atoms with E-state index in [4.69, 9.17) is 14.7 Å². The molecule has 8 heteroatoms. The van der Waals surface area contributed by atoms with Crippen LogP contribution in [0.15, 0.2) is 58.5 Å². The van der Waals surface area contributed by atoms with Crippen molar-refractivity contribution in [2.45, 2.75) is 35.1 Å². The summed E-state index contributed by atoms with van der Waals surface area (Å²) < 4.78 is 5.46. The summed E-state index contributed by atoms with van der Waals surface area (Å²) in [6, 6.07) is 16.3. The van der Waals surface area contributed by atoms with Gasteiger partial charge in [0.05, 0.1) is 36.7 Å². The van der Waals surface area contributed by atoms with Gasteiger partial charge in [-0.05, 0) is 24.6 Å². The third kappa shape index (κ3) is 5.35. The molecule has 172 valence electrons. The maximum absolute atomic E-state index is 13.4. The summed E-state index contributed by atoms with van der Waals surface area (Å²) in [5.41, 5.74) is 1.95. The van der Waals surface area contributed by atoms with Crippen molar-refractivity contribution in [3.63, 3.8) is 0 Å². The van der Waals surface area contributed by atoms with E-state index in [0.29, 0.717) is 17.5 Å². The first-order chi connectivity index (χ1) is 16.2. The number of anilines is 1. The second kappa shape index (κ2) is 10.4. The quantitative estimate of drug-likeness (QED) is 0.394. The fraction of sp³-hybridized carbons (Fsp3) is 0.400. The van der Waals surface area contributed by atoms with Crippen molar-refractivity contribution in [3.8, 4) is 0 Å². The summed E-state index contributed by atoms with van der Waals surface area (Å²) in [6.07, 6.45) is 0.982. The zero-order valence-electron chi connectivity index (χ0n) is 18.8. The van der Waals surface area contributed by atoms with E-state index in [1.165, 1.54) is 16.7 Å². The molecule has 0 radical (unpaired) electrons. The van der Waals surface area contributed by atoms with Gasteiger partial charge in [-0.1, -0.05) is 49.0 Å². The first-order valence-electron chi connectivity index (χ1n) is 11.4. The lowest BCUT2D eigenvalue weighted by Gasteiger charge is -2.26. The Morgan fingerprint density at radius 1 is 1.09 bits per heavy atom. The van der Waals surface area contributed by atoms with Gasteiger partial charge in [0.15, 0.2) is 0 Å². The molecule has 0 aliphatic carbocycles. The Hall–Kier alpha value is -2.13. The number of amides is 1. The van der Waals surface area contributed by atoms with Crippen LogP contribution in [0.3, 0.4) is 0 Å². The lowest BCUT2D eigenvalue weighted by molar-refractivity contribution is -0.116. The lowest BCUT2D eigenvalue weighted by atomic mass is 10.2. The van der Waals surface area contributed by atoms with Crippen LogP contribution in [0.5, 0.6) is 0 Å². The van der Waals surface area contributed by atoms with Crippen LogP contribution in [0, 0.1) is 0 Å². The van der Waals surface area contributed by atoms with Gasteiger partial charge in [0.2, 0.25) is 5.91 Å². The van der Waals surface area contributed by atoms with E-state index in [-0.39, 0.29) is 5.91 Å². The van der Waals surface area contributed by atoms with Gasteiger partial charge < -0.3 is 9.64 Å². The van der Waals surface area contributed by atoms with Crippen LogP contribution in [0.2, 0.25) is 0 Å². The molecule has 0 N–H and O–H groups in total. The molecule has 0 spiro atoms. The number of fused-ring (bicyclic) bond motifs is 2. The summed E-state index contributed by atoms with van der Waals surface area (Å²) in [5, 5.41) is 2.37. The Labute approximate surface area is 203 Å². The maximum atomic E-state index is 13.4. The number of morpholine rings is 1. The summed E-state index contributed by atoms with van der Waals surface area (Å²) in [6.45, 7) is 6.95. The average Bonchev–Trinajstić information content (AvgIpc) is 3.01. The monoisotopic (exact) mass is 480 g/mol. The molecule has 0 saturated carbocycles. The van der Waals surface area contributed by atoms with Gasteiger partial charge in [-0.15, -0.1) is 11.8 Å². The highest BCUT2D eigenvalue weighted by molar-refractivity contribution is 8.00. The van der Waals surface area contributed by atoms with Gasteiger partial charge in [-0.2, -0.15) is 0 Å². The van der Waals surface area contributed by atoms with Crippen molar-refractivity contribution < 1.29 is 9.53 Å². The van der Waals surface area contributed by atoms with E-state index in [2.05, 4.69) is 24.0 Å². The molecule has 2 aromatic carbocycles. The smallest absolute Gasteiger partial charge is 0.237 e. The third-order valence-corrected chi connectivity index (χ3v) is 8.17. The highest BCUT2D eigenvalue weighted by Gasteiger charge is 2.24. The Balaban J connectivity index is 1.36. The molecular weight excluding hydrogens is 452 g/mol. The minimum Gasteiger partial charge on any atom is -0.379 e. The van der Waals surface area contributed by atoms with Crippen molar-refractivity contribution in [1.29, 1.82) is 0 Å². The predicted octanol–water partition coefficient (Wildman–Crippen LogP) is 4.47. The van der Waals surface area contributed by atoms with Gasteiger partial charge in [0.1, 0.15) is 10.9 Å². The summed E-state index contributed by atoms with van der Waals surface area (Å²) >= 11 is 3.37. The Morgan fingerprint density at radius 3 is 2.76 bits per heavy atom. The van der Waals surface area contributed by atoms with Crippen LogP contribution in [0.4, 0.5) is 5.69 Å². The topological polar surface area (TPSA) is 58.6 Å². The predicted molar refractivity (Wildman–Crippen MR) is 135 cm³/mol. The molecule has 33 heavy (non-hydrogen) atoms. The molecule has 3 heterocycles. The first-order valence-corrected chi connectivity index (χ1v) is 13.3. The standard InChI is InChI=1S/C25H28N4O2S2/c1-18-10-11-29(21-8-4-5-9-22(21)33-18)24(30)17-32-25-19-6-2-3-7-20(19)26-23(27-25)16-28-12-14-31-15-13-28/h2-9,18H,10-17H2,1H3/t18-/m1/s1. The highest BCUT2D eigenvalue weighted by Crippen LogP contribution is 2.37. The Morgan fingerprint density at radius 2 is 1.88 bits per heavy atom. The van der Waals surface area contributed by atoms with Crippen LogP contribution >= 0.6 is 23.5 Å². The normalized spacial score (nSPS) is 19.3. The van der Waals surface area contributed by atoms with Crippen LogP contribution < -0.4 is 4.90 Å². The fourth-order valence-electron chi connectivity index (χ4n) is 4.19. The van der Waals surface area contributed by atoms with Crippen molar-refractivity contribution in [1.82, 2.24) is 14.9 Å². The largest absolute Gasteiger partial charge is 0.379 e. The average molecular weight is 481 g/mol. The lowest BCUT2D eigenvalue weighted by Crippen LogP contribution is -2.36. The second-order valence-corrected chi connectivity index (χ2v) is 10.8. The molecule has 0 bridgehead atoms. The number of carbonyl (C=O) groups excluding carboxylic acids is 1. The third-order valence-electron chi connectivity index (χ3n) is 5.96. The molecular formula is C25H28N4O2S2.